The molecule has 0 heterocycles. The molecule has 0 fully saturated rings. The van der Waals surface area contributed by atoms with Crippen molar-refractivity contribution in [2.45, 2.75) is 45.8 Å². The van der Waals surface area contributed by atoms with Gasteiger partial charge < -0.3 is 9.53 Å². The standard InChI is InChI=1S/C13H21ClO2Si/c1-9-7-10(14)8-11(12(9)15)16-17(5,6)13(2,3)4/h7-8,15H,1-6H3. The second-order valence-corrected chi connectivity index (χ2v) is 11.1. The number of aromatic hydroxyl groups is 1. The van der Waals surface area contributed by atoms with Crippen molar-refractivity contribution in [3.63, 3.8) is 0 Å². The maximum atomic E-state index is 9.99. The van der Waals surface area contributed by atoms with Crippen molar-refractivity contribution in [1.82, 2.24) is 0 Å². The van der Waals surface area contributed by atoms with E-state index in [4.69, 9.17) is 16.0 Å². The van der Waals surface area contributed by atoms with Gasteiger partial charge in [-0.3, -0.25) is 0 Å². The van der Waals surface area contributed by atoms with Crippen LogP contribution in [0.3, 0.4) is 0 Å². The Hall–Kier alpha value is -0.673. The van der Waals surface area contributed by atoms with E-state index >= 15 is 0 Å². The van der Waals surface area contributed by atoms with Crippen LogP contribution < -0.4 is 4.43 Å². The zero-order valence-electron chi connectivity index (χ0n) is 11.4. The average molecular weight is 273 g/mol. The first-order valence-corrected chi connectivity index (χ1v) is 9.01. The van der Waals surface area contributed by atoms with Crippen molar-refractivity contribution in [2.75, 3.05) is 0 Å². The third-order valence-corrected chi connectivity index (χ3v) is 7.96. The molecule has 0 spiro atoms. The summed E-state index contributed by atoms with van der Waals surface area (Å²) >= 11 is 5.99. The van der Waals surface area contributed by atoms with E-state index in [1.165, 1.54) is 0 Å². The van der Waals surface area contributed by atoms with Crippen LogP contribution in [-0.4, -0.2) is 13.4 Å². The fourth-order valence-electron chi connectivity index (χ4n) is 1.21. The van der Waals surface area contributed by atoms with E-state index < -0.39 is 8.32 Å². The Labute approximate surface area is 110 Å². The molecule has 1 N–H and O–H groups in total. The zero-order chi connectivity index (χ0) is 13.4. The van der Waals surface area contributed by atoms with Gasteiger partial charge in [0.05, 0.1) is 0 Å². The Morgan fingerprint density at radius 3 is 2.24 bits per heavy atom. The zero-order valence-corrected chi connectivity index (χ0v) is 13.1. The van der Waals surface area contributed by atoms with Gasteiger partial charge in [0, 0.05) is 11.1 Å². The number of rotatable bonds is 2. The van der Waals surface area contributed by atoms with Crippen LogP contribution >= 0.6 is 11.6 Å². The minimum Gasteiger partial charge on any atom is -0.541 e. The lowest BCUT2D eigenvalue weighted by atomic mass is 10.2. The molecule has 0 atom stereocenters. The van der Waals surface area contributed by atoms with Crippen LogP contribution in [0.15, 0.2) is 12.1 Å². The normalized spacial score (nSPS) is 12.6. The molecular formula is C13H21ClO2Si. The van der Waals surface area contributed by atoms with E-state index in [2.05, 4.69) is 33.9 Å². The summed E-state index contributed by atoms with van der Waals surface area (Å²) in [6, 6.07) is 3.42. The van der Waals surface area contributed by atoms with E-state index in [0.717, 1.165) is 5.56 Å². The lowest BCUT2D eigenvalue weighted by Gasteiger charge is -2.36. The lowest BCUT2D eigenvalue weighted by Crippen LogP contribution is -2.43. The van der Waals surface area contributed by atoms with Crippen LogP contribution in [0.4, 0.5) is 0 Å². The van der Waals surface area contributed by atoms with Gasteiger partial charge in [0.25, 0.3) is 8.32 Å². The summed E-state index contributed by atoms with van der Waals surface area (Å²) in [6.07, 6.45) is 0. The van der Waals surface area contributed by atoms with E-state index in [1.807, 2.05) is 6.92 Å². The molecule has 0 radical (unpaired) electrons. The minimum atomic E-state index is -1.94. The predicted molar refractivity (Wildman–Crippen MR) is 75.7 cm³/mol. The van der Waals surface area contributed by atoms with E-state index in [9.17, 15) is 5.11 Å². The Kier molecular flexibility index (Phi) is 3.84. The van der Waals surface area contributed by atoms with Gasteiger partial charge in [-0.05, 0) is 36.7 Å². The molecule has 0 aromatic heterocycles. The van der Waals surface area contributed by atoms with Gasteiger partial charge in [0.15, 0.2) is 5.75 Å². The third-order valence-electron chi connectivity index (χ3n) is 3.40. The molecule has 0 aliphatic carbocycles. The molecule has 0 saturated heterocycles. The summed E-state index contributed by atoms with van der Waals surface area (Å²) < 4.78 is 6.06. The molecule has 1 aromatic carbocycles. The van der Waals surface area contributed by atoms with Crippen molar-refractivity contribution in [3.8, 4) is 11.5 Å². The molecule has 2 nitrogen and oxygen atoms in total. The fraction of sp³-hybridized carbons (Fsp3) is 0.538. The van der Waals surface area contributed by atoms with Crippen LogP contribution in [-0.2, 0) is 0 Å². The van der Waals surface area contributed by atoms with Crippen molar-refractivity contribution in [2.24, 2.45) is 0 Å². The monoisotopic (exact) mass is 272 g/mol. The highest BCUT2D eigenvalue weighted by Crippen LogP contribution is 2.41. The summed E-state index contributed by atoms with van der Waals surface area (Å²) in [7, 11) is -1.94. The molecule has 0 aliphatic rings. The molecule has 0 amide bonds. The van der Waals surface area contributed by atoms with E-state index in [-0.39, 0.29) is 10.8 Å². The summed E-state index contributed by atoms with van der Waals surface area (Å²) in [5.74, 6) is 0.695. The smallest absolute Gasteiger partial charge is 0.250 e. The predicted octanol–water partition coefficient (Wildman–Crippen LogP) is 4.74. The summed E-state index contributed by atoms with van der Waals surface area (Å²) in [6.45, 7) is 12.6. The third kappa shape index (κ3) is 3.17. The van der Waals surface area contributed by atoms with Crippen molar-refractivity contribution in [1.29, 1.82) is 0 Å². The lowest BCUT2D eigenvalue weighted by molar-refractivity contribution is 0.419. The van der Waals surface area contributed by atoms with Crippen LogP contribution in [0, 0.1) is 6.92 Å². The van der Waals surface area contributed by atoms with Gasteiger partial charge in [-0.15, -0.1) is 0 Å². The number of halogens is 1. The van der Waals surface area contributed by atoms with Crippen LogP contribution in [0.25, 0.3) is 0 Å². The quantitative estimate of drug-likeness (QED) is 0.788. The molecule has 4 heteroatoms. The number of phenols is 1. The molecule has 0 saturated carbocycles. The number of aryl methyl sites for hydroxylation is 1. The van der Waals surface area contributed by atoms with Gasteiger partial charge in [0.2, 0.25) is 0 Å². The fourth-order valence-corrected chi connectivity index (χ4v) is 2.48. The number of phenolic OH excluding ortho intramolecular Hbond substituents is 1. The molecule has 96 valence electrons. The van der Waals surface area contributed by atoms with Crippen molar-refractivity contribution >= 4 is 19.9 Å². The topological polar surface area (TPSA) is 29.5 Å². The first kappa shape index (κ1) is 14.4. The van der Waals surface area contributed by atoms with Crippen molar-refractivity contribution < 1.29 is 9.53 Å². The largest absolute Gasteiger partial charge is 0.541 e. The van der Waals surface area contributed by atoms with Crippen LogP contribution in [0.2, 0.25) is 23.2 Å². The van der Waals surface area contributed by atoms with Gasteiger partial charge in [-0.2, -0.15) is 0 Å². The maximum absolute atomic E-state index is 9.99. The molecule has 1 rings (SSSR count). The number of hydrogen-bond donors (Lipinski definition) is 1. The highest BCUT2D eigenvalue weighted by atomic mass is 35.5. The van der Waals surface area contributed by atoms with Crippen LogP contribution in [0.1, 0.15) is 26.3 Å². The van der Waals surface area contributed by atoms with E-state index in [1.54, 1.807) is 12.1 Å². The average Bonchev–Trinajstić information content (AvgIpc) is 2.11. The SMILES string of the molecule is Cc1cc(Cl)cc(O[Si](C)(C)C(C)(C)C)c1O. The molecule has 1 aromatic rings. The van der Waals surface area contributed by atoms with Crippen LogP contribution in [0.5, 0.6) is 11.5 Å². The molecule has 0 bridgehead atoms. The summed E-state index contributed by atoms with van der Waals surface area (Å²) in [5.41, 5.74) is 0.742. The highest BCUT2D eigenvalue weighted by Gasteiger charge is 2.39. The second-order valence-electron chi connectivity index (χ2n) is 5.93. The Bertz CT molecular complexity index is 422. The Morgan fingerprint density at radius 1 is 1.24 bits per heavy atom. The summed E-state index contributed by atoms with van der Waals surface area (Å²) in [4.78, 5) is 0. The van der Waals surface area contributed by atoms with Gasteiger partial charge in [-0.1, -0.05) is 32.4 Å². The minimum absolute atomic E-state index is 0.0929. The molecule has 17 heavy (non-hydrogen) atoms. The Morgan fingerprint density at radius 2 is 1.76 bits per heavy atom. The number of hydrogen-bond acceptors (Lipinski definition) is 2. The molecule has 0 aliphatic heterocycles. The van der Waals surface area contributed by atoms with Gasteiger partial charge in [0.1, 0.15) is 5.75 Å². The van der Waals surface area contributed by atoms with E-state index in [0.29, 0.717) is 10.8 Å². The number of benzene rings is 1. The van der Waals surface area contributed by atoms with Gasteiger partial charge >= 0.3 is 0 Å². The van der Waals surface area contributed by atoms with Crippen molar-refractivity contribution in [3.05, 3.63) is 22.7 Å². The Balaban J connectivity index is 3.12. The highest BCUT2D eigenvalue weighted by molar-refractivity contribution is 6.74. The first-order valence-electron chi connectivity index (χ1n) is 5.73. The second kappa shape index (κ2) is 4.54. The summed E-state index contributed by atoms with van der Waals surface area (Å²) in [5, 5.41) is 10.7. The molecule has 0 unspecified atom stereocenters. The molecular weight excluding hydrogens is 252 g/mol. The van der Waals surface area contributed by atoms with Gasteiger partial charge in [-0.25, -0.2) is 0 Å². The maximum Gasteiger partial charge on any atom is 0.250 e. The first-order chi connectivity index (χ1) is 7.54.